The molecule has 0 saturated heterocycles. The largest absolute Gasteiger partial charge is 0.494 e. The van der Waals surface area contributed by atoms with Crippen LogP contribution in [-0.4, -0.2) is 23.9 Å². The van der Waals surface area contributed by atoms with Crippen molar-refractivity contribution in [3.63, 3.8) is 0 Å². The maximum Gasteiger partial charge on any atom is 0.119 e. The van der Waals surface area contributed by atoms with Crippen molar-refractivity contribution in [1.82, 2.24) is 0 Å². The molecule has 0 radical (unpaired) electrons. The quantitative estimate of drug-likeness (QED) is 0.876. The second kappa shape index (κ2) is 6.37. The van der Waals surface area contributed by atoms with Crippen LogP contribution in [0.2, 0.25) is 0 Å². The summed E-state index contributed by atoms with van der Waals surface area (Å²) in [4.78, 5) is 0. The van der Waals surface area contributed by atoms with E-state index < -0.39 is 5.60 Å². The molecule has 3 N–H and O–H groups in total. The molecule has 2 aliphatic carbocycles. The zero-order valence-electron chi connectivity index (χ0n) is 12.8. The van der Waals surface area contributed by atoms with Crippen LogP contribution in [0, 0.1) is 5.92 Å². The SMILES string of the molecule is NCC1(O)CCCC1CCOc1ccc2c(c1)CCCC2. The van der Waals surface area contributed by atoms with Gasteiger partial charge < -0.3 is 15.6 Å². The summed E-state index contributed by atoms with van der Waals surface area (Å²) in [6.45, 7) is 1.04. The number of benzene rings is 1. The summed E-state index contributed by atoms with van der Waals surface area (Å²) in [6.07, 6.45) is 8.88. The van der Waals surface area contributed by atoms with E-state index in [1.54, 1.807) is 0 Å². The van der Waals surface area contributed by atoms with Gasteiger partial charge in [0.1, 0.15) is 5.75 Å². The predicted molar refractivity (Wildman–Crippen MR) is 84.5 cm³/mol. The van der Waals surface area contributed by atoms with Crippen molar-refractivity contribution in [2.24, 2.45) is 11.7 Å². The van der Waals surface area contributed by atoms with Crippen molar-refractivity contribution in [2.75, 3.05) is 13.2 Å². The van der Waals surface area contributed by atoms with Gasteiger partial charge in [0.25, 0.3) is 0 Å². The fourth-order valence-corrected chi connectivity index (χ4v) is 3.93. The summed E-state index contributed by atoms with van der Waals surface area (Å²) in [6, 6.07) is 6.52. The third kappa shape index (κ3) is 3.24. The molecule has 116 valence electrons. The summed E-state index contributed by atoms with van der Waals surface area (Å²) >= 11 is 0. The van der Waals surface area contributed by atoms with E-state index in [4.69, 9.17) is 10.5 Å². The Morgan fingerprint density at radius 3 is 2.81 bits per heavy atom. The van der Waals surface area contributed by atoms with Crippen molar-refractivity contribution in [1.29, 1.82) is 0 Å². The smallest absolute Gasteiger partial charge is 0.119 e. The summed E-state index contributed by atoms with van der Waals surface area (Å²) in [5.41, 5.74) is 8.02. The van der Waals surface area contributed by atoms with Gasteiger partial charge in [-0.3, -0.25) is 0 Å². The summed E-state index contributed by atoms with van der Waals surface area (Å²) in [7, 11) is 0. The highest BCUT2D eigenvalue weighted by molar-refractivity contribution is 5.37. The number of aryl methyl sites for hydroxylation is 2. The first-order valence-electron chi connectivity index (χ1n) is 8.38. The third-order valence-electron chi connectivity index (χ3n) is 5.33. The fraction of sp³-hybridized carbons (Fsp3) is 0.667. The molecule has 0 bridgehead atoms. The minimum Gasteiger partial charge on any atom is -0.494 e. The highest BCUT2D eigenvalue weighted by atomic mass is 16.5. The zero-order chi connectivity index (χ0) is 14.7. The Morgan fingerprint density at radius 1 is 1.19 bits per heavy atom. The topological polar surface area (TPSA) is 55.5 Å². The van der Waals surface area contributed by atoms with Crippen molar-refractivity contribution in [3.05, 3.63) is 29.3 Å². The maximum absolute atomic E-state index is 10.4. The lowest BCUT2D eigenvalue weighted by atomic mass is 9.88. The van der Waals surface area contributed by atoms with Crippen LogP contribution in [0.25, 0.3) is 0 Å². The first-order valence-corrected chi connectivity index (χ1v) is 8.38. The molecule has 2 aliphatic rings. The Labute approximate surface area is 127 Å². The molecule has 0 spiro atoms. The molecule has 0 aliphatic heterocycles. The number of nitrogens with two attached hydrogens (primary N) is 1. The van der Waals surface area contributed by atoms with Gasteiger partial charge in [-0.05, 0) is 74.1 Å². The van der Waals surface area contributed by atoms with Gasteiger partial charge in [-0.25, -0.2) is 0 Å². The second-order valence-electron chi connectivity index (χ2n) is 6.67. The van der Waals surface area contributed by atoms with Crippen molar-refractivity contribution < 1.29 is 9.84 Å². The Hall–Kier alpha value is -1.06. The molecule has 1 saturated carbocycles. The van der Waals surface area contributed by atoms with E-state index in [-0.39, 0.29) is 0 Å². The average molecular weight is 289 g/mol. The number of aliphatic hydroxyl groups is 1. The maximum atomic E-state index is 10.4. The van der Waals surface area contributed by atoms with Crippen LogP contribution < -0.4 is 10.5 Å². The number of fused-ring (bicyclic) bond motifs is 1. The molecular weight excluding hydrogens is 262 g/mol. The average Bonchev–Trinajstić information content (AvgIpc) is 2.89. The molecule has 1 aromatic carbocycles. The highest BCUT2D eigenvalue weighted by Gasteiger charge is 2.39. The normalized spacial score (nSPS) is 28.4. The number of hydrogen-bond donors (Lipinski definition) is 2. The van der Waals surface area contributed by atoms with Crippen molar-refractivity contribution in [3.8, 4) is 5.75 Å². The van der Waals surface area contributed by atoms with E-state index in [9.17, 15) is 5.11 Å². The Morgan fingerprint density at radius 2 is 2.00 bits per heavy atom. The molecule has 3 nitrogen and oxygen atoms in total. The van der Waals surface area contributed by atoms with Gasteiger partial charge in [0.2, 0.25) is 0 Å². The Balaban J connectivity index is 1.54. The lowest BCUT2D eigenvalue weighted by molar-refractivity contribution is 0.00354. The first-order chi connectivity index (χ1) is 10.2. The molecule has 2 atom stereocenters. The minimum absolute atomic E-state index is 0.292. The van der Waals surface area contributed by atoms with E-state index in [1.165, 1.54) is 36.8 Å². The molecule has 2 unspecified atom stereocenters. The van der Waals surface area contributed by atoms with E-state index >= 15 is 0 Å². The van der Waals surface area contributed by atoms with Gasteiger partial charge in [0.15, 0.2) is 0 Å². The van der Waals surface area contributed by atoms with Crippen LogP contribution in [0.15, 0.2) is 18.2 Å². The van der Waals surface area contributed by atoms with Gasteiger partial charge in [0.05, 0.1) is 12.2 Å². The zero-order valence-corrected chi connectivity index (χ0v) is 12.8. The van der Waals surface area contributed by atoms with Gasteiger partial charge in [-0.1, -0.05) is 12.5 Å². The standard InChI is InChI=1S/C18H27NO2/c19-13-18(20)10-3-6-16(18)9-11-21-17-8-7-14-4-1-2-5-15(14)12-17/h7-8,12,16,20H,1-6,9-11,13,19H2. The number of hydrogen-bond acceptors (Lipinski definition) is 3. The summed E-state index contributed by atoms with van der Waals surface area (Å²) in [5, 5.41) is 10.4. The molecule has 0 heterocycles. The van der Waals surface area contributed by atoms with Crippen molar-refractivity contribution >= 4 is 0 Å². The van der Waals surface area contributed by atoms with E-state index in [0.29, 0.717) is 19.1 Å². The molecule has 1 aromatic rings. The lowest BCUT2D eigenvalue weighted by Crippen LogP contribution is -2.41. The predicted octanol–water partition coefficient (Wildman–Crippen LogP) is 2.82. The summed E-state index contributed by atoms with van der Waals surface area (Å²) in [5.74, 6) is 1.27. The van der Waals surface area contributed by atoms with E-state index in [0.717, 1.165) is 31.4 Å². The van der Waals surface area contributed by atoms with Crippen LogP contribution >= 0.6 is 0 Å². The Bertz CT molecular complexity index is 488. The van der Waals surface area contributed by atoms with Gasteiger partial charge in [0, 0.05) is 6.54 Å². The molecular formula is C18H27NO2. The molecule has 3 rings (SSSR count). The van der Waals surface area contributed by atoms with Gasteiger partial charge >= 0.3 is 0 Å². The van der Waals surface area contributed by atoms with E-state index in [1.807, 2.05) is 0 Å². The van der Waals surface area contributed by atoms with Crippen LogP contribution in [0.3, 0.4) is 0 Å². The van der Waals surface area contributed by atoms with Crippen LogP contribution in [0.4, 0.5) is 0 Å². The second-order valence-corrected chi connectivity index (χ2v) is 6.67. The fourth-order valence-electron chi connectivity index (χ4n) is 3.93. The van der Waals surface area contributed by atoms with Crippen LogP contribution in [0.1, 0.15) is 49.7 Å². The molecule has 1 fully saturated rings. The number of ether oxygens (including phenoxy) is 1. The summed E-state index contributed by atoms with van der Waals surface area (Å²) < 4.78 is 5.92. The van der Waals surface area contributed by atoms with Gasteiger partial charge in [-0.2, -0.15) is 0 Å². The molecule has 3 heteroatoms. The minimum atomic E-state index is -0.654. The first kappa shape index (κ1) is 14.9. The van der Waals surface area contributed by atoms with Crippen LogP contribution in [0.5, 0.6) is 5.75 Å². The molecule has 0 aromatic heterocycles. The Kier molecular flexibility index (Phi) is 4.51. The van der Waals surface area contributed by atoms with Crippen LogP contribution in [-0.2, 0) is 12.8 Å². The highest BCUT2D eigenvalue weighted by Crippen LogP contribution is 2.37. The number of rotatable bonds is 5. The van der Waals surface area contributed by atoms with Crippen molar-refractivity contribution in [2.45, 2.75) is 57.0 Å². The molecule has 21 heavy (non-hydrogen) atoms. The molecule has 0 amide bonds. The van der Waals surface area contributed by atoms with E-state index in [2.05, 4.69) is 18.2 Å². The van der Waals surface area contributed by atoms with Gasteiger partial charge in [-0.15, -0.1) is 0 Å². The third-order valence-corrected chi connectivity index (χ3v) is 5.33. The monoisotopic (exact) mass is 289 g/mol. The lowest BCUT2D eigenvalue weighted by Gasteiger charge is -2.28.